The number of anilines is 2. The number of hydrazine groups is 1. The fourth-order valence-electron chi connectivity index (χ4n) is 8.70. The van der Waals surface area contributed by atoms with E-state index in [1.54, 1.807) is 43.1 Å². The molecule has 2 aromatic carbocycles. The lowest BCUT2D eigenvalue weighted by atomic mass is 9.92. The van der Waals surface area contributed by atoms with E-state index in [9.17, 15) is 24.0 Å². The number of halogens is 1. The van der Waals surface area contributed by atoms with Crippen molar-refractivity contribution in [3.63, 3.8) is 0 Å². The fourth-order valence-corrected chi connectivity index (χ4v) is 8.70. The van der Waals surface area contributed by atoms with Crippen molar-refractivity contribution in [3.8, 4) is 16.9 Å². The summed E-state index contributed by atoms with van der Waals surface area (Å²) in [4.78, 5) is 74.7. The zero-order chi connectivity index (χ0) is 48.0. The summed E-state index contributed by atoms with van der Waals surface area (Å²) in [5.41, 5.74) is 9.62. The van der Waals surface area contributed by atoms with Crippen LogP contribution in [0.4, 0.5) is 15.8 Å². The molecule has 0 aliphatic carbocycles. The number of hydrogen-bond donors (Lipinski definition) is 3. The van der Waals surface area contributed by atoms with E-state index in [-0.39, 0.29) is 54.6 Å². The number of pyridine rings is 1. The highest BCUT2D eigenvalue weighted by molar-refractivity contribution is 6.05. The molecule has 67 heavy (non-hydrogen) atoms. The van der Waals surface area contributed by atoms with Crippen molar-refractivity contribution in [1.29, 1.82) is 0 Å². The van der Waals surface area contributed by atoms with Crippen molar-refractivity contribution in [2.75, 3.05) is 97.0 Å². The van der Waals surface area contributed by atoms with Crippen molar-refractivity contribution in [2.45, 2.75) is 57.9 Å². The molecule has 0 bridgehead atoms. The summed E-state index contributed by atoms with van der Waals surface area (Å²) in [6.07, 6.45) is 14.0. The summed E-state index contributed by atoms with van der Waals surface area (Å²) in [5, 5.41) is 1.90. The van der Waals surface area contributed by atoms with Gasteiger partial charge in [0.2, 0.25) is 12.3 Å². The molecule has 360 valence electrons. The van der Waals surface area contributed by atoms with E-state index in [1.807, 2.05) is 24.3 Å². The highest BCUT2D eigenvalue weighted by atomic mass is 19.1. The molecule has 0 atom stereocenters. The highest BCUT2D eigenvalue weighted by Crippen LogP contribution is 2.42. The third kappa shape index (κ3) is 12.6. The Morgan fingerprint density at radius 3 is 2.34 bits per heavy atom. The first-order valence-corrected chi connectivity index (χ1v) is 22.9. The normalized spacial score (nSPS) is 14.3. The molecule has 6 rings (SSSR count). The number of fused-ring (bicyclic) bond motifs is 1. The van der Waals surface area contributed by atoms with Crippen LogP contribution in [0.15, 0.2) is 71.9 Å². The van der Waals surface area contributed by atoms with Gasteiger partial charge >= 0.3 is 5.97 Å². The smallest absolute Gasteiger partial charge is 0.325 e. The van der Waals surface area contributed by atoms with Gasteiger partial charge in [0.05, 0.1) is 25.4 Å². The molecule has 4 aromatic rings. The first kappa shape index (κ1) is 49.8. The minimum absolute atomic E-state index is 0.101. The minimum Gasteiger partial charge on any atom is -0.496 e. The molecule has 0 unspecified atom stereocenters. The van der Waals surface area contributed by atoms with Gasteiger partial charge in [0.1, 0.15) is 18.0 Å². The van der Waals surface area contributed by atoms with E-state index in [2.05, 4.69) is 25.6 Å². The van der Waals surface area contributed by atoms with E-state index < -0.39 is 11.8 Å². The van der Waals surface area contributed by atoms with Crippen molar-refractivity contribution in [2.24, 2.45) is 11.6 Å². The lowest BCUT2D eigenvalue weighted by Gasteiger charge is -2.36. The Morgan fingerprint density at radius 2 is 1.64 bits per heavy atom. The van der Waals surface area contributed by atoms with E-state index in [4.69, 9.17) is 16.3 Å². The number of H-pyrrole nitrogens is 1. The molecular formula is C49H65FN10O7. The number of carbonyl (C=O) groups is 4. The van der Waals surface area contributed by atoms with E-state index in [0.29, 0.717) is 53.0 Å². The van der Waals surface area contributed by atoms with Crippen molar-refractivity contribution >= 4 is 52.0 Å². The van der Waals surface area contributed by atoms with Crippen molar-refractivity contribution < 1.29 is 33.0 Å². The van der Waals surface area contributed by atoms with Gasteiger partial charge in [-0.3, -0.25) is 28.9 Å². The molecule has 0 saturated carbocycles. The summed E-state index contributed by atoms with van der Waals surface area (Å²) in [6, 6.07) is 12.5. The number of hydrogen-bond acceptors (Lipinski definition) is 12. The predicted octanol–water partition coefficient (Wildman–Crippen LogP) is 4.76. The standard InChI is InChI=1S/C49H65FN10O7/c1-54(2)49(65)42-30-41-40(29-39(47(50)48(41)53-42)35-12-11-21-57(31-35)45(63)17-22-60(52)23-18-51)38-15-13-36(28-43(38)66-3)56-26-24-55(25-27-56)19-9-7-5-6-8-10-20-58(34-61)37-14-16-44(62)59(32-37)33-46(64)67-4/h12-16,18,23,28-30,32,34,53H,5-11,17,19-22,24-27,31,33,51-52H2,1-4H3/b23-18-. The number of amides is 3. The van der Waals surface area contributed by atoms with Gasteiger partial charge in [-0.15, -0.1) is 0 Å². The number of ether oxygens (including phenoxy) is 2. The summed E-state index contributed by atoms with van der Waals surface area (Å²) >= 11 is 0. The number of methoxy groups -OCH3 is 2. The van der Waals surface area contributed by atoms with Crippen LogP contribution in [-0.4, -0.2) is 141 Å². The molecule has 0 radical (unpaired) electrons. The zero-order valence-corrected chi connectivity index (χ0v) is 39.2. The third-order valence-electron chi connectivity index (χ3n) is 12.5. The van der Waals surface area contributed by atoms with Gasteiger partial charge in [0, 0.05) is 126 Å². The van der Waals surface area contributed by atoms with Crippen LogP contribution < -0.4 is 31.7 Å². The second kappa shape index (κ2) is 23.7. The SMILES string of the molecule is COC(=O)Cn1cc(N(C=O)CCCCCCCCN2CCN(c3ccc(-c4cc(C5=CCCN(C(=O)CCN(N)/C=C\N)C5)c(F)c5[nH]c(C(=O)N(C)C)cc45)c(OC)c3)CC2)ccc1=O. The van der Waals surface area contributed by atoms with Crippen LogP contribution in [0.3, 0.4) is 0 Å². The van der Waals surface area contributed by atoms with Gasteiger partial charge < -0.3 is 49.4 Å². The zero-order valence-electron chi connectivity index (χ0n) is 39.2. The summed E-state index contributed by atoms with van der Waals surface area (Å²) in [6.45, 7) is 5.90. The van der Waals surface area contributed by atoms with Crippen LogP contribution in [-0.2, 0) is 25.7 Å². The number of esters is 1. The van der Waals surface area contributed by atoms with Gasteiger partial charge in [0.25, 0.3) is 11.5 Å². The molecular weight excluding hydrogens is 860 g/mol. The molecule has 1 fully saturated rings. The van der Waals surface area contributed by atoms with Crippen LogP contribution in [0.25, 0.3) is 27.6 Å². The average molecular weight is 925 g/mol. The Balaban J connectivity index is 1.05. The molecule has 0 spiro atoms. The molecule has 2 aromatic heterocycles. The van der Waals surface area contributed by atoms with Gasteiger partial charge in [-0.05, 0) is 67.3 Å². The third-order valence-corrected chi connectivity index (χ3v) is 12.5. The maximum absolute atomic E-state index is 16.7. The van der Waals surface area contributed by atoms with Gasteiger partial charge in [0.15, 0.2) is 5.82 Å². The van der Waals surface area contributed by atoms with Crippen LogP contribution in [0.2, 0.25) is 0 Å². The Morgan fingerprint density at radius 1 is 0.896 bits per heavy atom. The lowest BCUT2D eigenvalue weighted by molar-refractivity contribution is -0.141. The molecule has 5 N–H and O–H groups in total. The Kier molecular flexibility index (Phi) is 17.6. The lowest BCUT2D eigenvalue weighted by Crippen LogP contribution is -2.46. The van der Waals surface area contributed by atoms with E-state index in [1.165, 1.54) is 46.2 Å². The minimum atomic E-state index is -0.536. The van der Waals surface area contributed by atoms with E-state index in [0.717, 1.165) is 88.9 Å². The van der Waals surface area contributed by atoms with Crippen LogP contribution >= 0.6 is 0 Å². The number of unbranched alkanes of at least 4 members (excludes halogenated alkanes) is 5. The quantitative estimate of drug-likeness (QED) is 0.0322. The van der Waals surface area contributed by atoms with Crippen LogP contribution in [0.1, 0.15) is 67.4 Å². The Hall–Kier alpha value is -6.66. The highest BCUT2D eigenvalue weighted by Gasteiger charge is 2.27. The number of piperazine rings is 1. The molecule has 1 saturated heterocycles. The topological polar surface area (TPSA) is 196 Å². The monoisotopic (exact) mass is 925 g/mol. The summed E-state index contributed by atoms with van der Waals surface area (Å²) in [5.74, 6) is 5.09. The molecule has 4 heterocycles. The Bertz CT molecular complexity index is 2490. The molecule has 18 heteroatoms. The summed E-state index contributed by atoms with van der Waals surface area (Å²) < 4.78 is 28.6. The number of aromatic amines is 1. The number of rotatable bonds is 22. The van der Waals surface area contributed by atoms with Crippen LogP contribution in [0, 0.1) is 5.82 Å². The van der Waals surface area contributed by atoms with Crippen molar-refractivity contribution in [1.82, 2.24) is 29.3 Å². The Labute approximate surface area is 391 Å². The largest absolute Gasteiger partial charge is 0.496 e. The second-order valence-electron chi connectivity index (χ2n) is 17.2. The number of nitrogens with one attached hydrogen (secondary N) is 1. The first-order valence-electron chi connectivity index (χ1n) is 22.9. The molecule has 17 nitrogen and oxygen atoms in total. The fraction of sp³-hybridized carbons (Fsp3) is 0.449. The maximum Gasteiger partial charge on any atom is 0.325 e. The van der Waals surface area contributed by atoms with E-state index >= 15 is 4.39 Å². The summed E-state index contributed by atoms with van der Waals surface area (Å²) in [7, 11) is 6.19. The van der Waals surface area contributed by atoms with Gasteiger partial charge in [-0.2, -0.15) is 0 Å². The van der Waals surface area contributed by atoms with Gasteiger partial charge in [-0.25, -0.2) is 10.2 Å². The maximum atomic E-state index is 16.7. The second-order valence-corrected chi connectivity index (χ2v) is 17.2. The number of carbonyl (C=O) groups excluding carboxylic acids is 4. The first-order chi connectivity index (χ1) is 32.3. The van der Waals surface area contributed by atoms with Gasteiger partial charge in [-0.1, -0.05) is 31.8 Å². The molecule has 2 aliphatic heterocycles. The number of aromatic nitrogens is 2. The van der Waals surface area contributed by atoms with Crippen molar-refractivity contribution in [3.05, 3.63) is 94.6 Å². The van der Waals surface area contributed by atoms with Crippen LogP contribution in [0.5, 0.6) is 5.75 Å². The molecule has 3 amide bonds. The molecule has 2 aliphatic rings. The predicted molar refractivity (Wildman–Crippen MR) is 259 cm³/mol. The average Bonchev–Trinajstić information content (AvgIpc) is 3.80. The number of benzene rings is 2. The number of nitrogens with two attached hydrogens (primary N) is 2. The number of nitrogens with zero attached hydrogens (tertiary/aromatic N) is 7.